The first kappa shape index (κ1) is 33.5. The molecule has 4 aromatic rings. The number of pyridine rings is 1. The topological polar surface area (TPSA) is 96.2 Å². The number of anilines is 3. The number of aryl methyl sites for hydroxylation is 3. The van der Waals surface area contributed by atoms with Crippen LogP contribution in [0.4, 0.5) is 30.2 Å². The highest BCUT2D eigenvalue weighted by Crippen LogP contribution is 2.34. The molecule has 0 atom stereocenters. The fourth-order valence-corrected chi connectivity index (χ4v) is 4.68. The quantitative estimate of drug-likeness (QED) is 0.210. The lowest BCUT2D eigenvalue weighted by Crippen LogP contribution is -2.29. The van der Waals surface area contributed by atoms with Gasteiger partial charge in [0.25, 0.3) is 5.56 Å². The Kier molecular flexibility index (Phi) is 11.0. The molecular formula is C34H35F3N4O3. The standard InChI is InChI=1S/C30H27F3N4O.C4H8O2/c1-18-5-6-22(19(2)13-18)17-37-28(15-26(30(31,32)33)25(16-34)29(37)38)21-7-9-23(10-8-21)36-24-11-12-27(35-4)20(3)14-24;1-3-6-4(2)5/h5-15,35-36H,17H2,1-4H3;3H2,1-2H3. The second-order valence-electron chi connectivity index (χ2n) is 10.2. The Morgan fingerprint density at radius 3 is 2.11 bits per heavy atom. The number of rotatable bonds is 7. The van der Waals surface area contributed by atoms with Crippen LogP contribution in [0.25, 0.3) is 11.3 Å². The van der Waals surface area contributed by atoms with Gasteiger partial charge in [-0.05, 0) is 86.3 Å². The van der Waals surface area contributed by atoms with Gasteiger partial charge < -0.3 is 19.9 Å². The van der Waals surface area contributed by atoms with Crippen LogP contribution in [0.1, 0.15) is 47.2 Å². The maximum Gasteiger partial charge on any atom is 0.417 e. The van der Waals surface area contributed by atoms with Crippen LogP contribution in [0.5, 0.6) is 0 Å². The number of nitriles is 1. The zero-order chi connectivity index (χ0) is 32.6. The van der Waals surface area contributed by atoms with Crippen molar-refractivity contribution in [1.29, 1.82) is 5.26 Å². The predicted octanol–water partition coefficient (Wildman–Crippen LogP) is 7.73. The average Bonchev–Trinajstić information content (AvgIpc) is 2.95. The smallest absolute Gasteiger partial charge is 0.417 e. The molecule has 0 spiro atoms. The number of nitrogens with one attached hydrogen (secondary N) is 2. The molecule has 4 rings (SSSR count). The molecule has 0 fully saturated rings. The zero-order valence-electron chi connectivity index (χ0n) is 25.5. The highest BCUT2D eigenvalue weighted by atomic mass is 19.4. The van der Waals surface area contributed by atoms with Gasteiger partial charge in [0.15, 0.2) is 0 Å². The molecule has 0 aliphatic rings. The first-order valence-electron chi connectivity index (χ1n) is 13.9. The number of hydrogen-bond donors (Lipinski definition) is 2. The van der Waals surface area contributed by atoms with Crippen LogP contribution in [0.3, 0.4) is 0 Å². The van der Waals surface area contributed by atoms with E-state index in [1.807, 2.05) is 64.2 Å². The van der Waals surface area contributed by atoms with E-state index in [-0.39, 0.29) is 18.2 Å². The van der Waals surface area contributed by atoms with E-state index in [1.165, 1.54) is 17.6 Å². The van der Waals surface area contributed by atoms with Gasteiger partial charge in [0.1, 0.15) is 11.6 Å². The van der Waals surface area contributed by atoms with E-state index in [0.29, 0.717) is 12.2 Å². The molecule has 1 heterocycles. The summed E-state index contributed by atoms with van der Waals surface area (Å²) < 4.78 is 47.2. The Bertz CT molecular complexity index is 1740. The van der Waals surface area contributed by atoms with E-state index in [2.05, 4.69) is 15.4 Å². The average molecular weight is 605 g/mol. The molecule has 0 saturated heterocycles. The van der Waals surface area contributed by atoms with Crippen LogP contribution in [0.2, 0.25) is 0 Å². The molecule has 3 aromatic carbocycles. The monoisotopic (exact) mass is 604 g/mol. The lowest BCUT2D eigenvalue weighted by molar-refractivity contribution is -0.140. The van der Waals surface area contributed by atoms with E-state index in [9.17, 15) is 28.0 Å². The first-order valence-corrected chi connectivity index (χ1v) is 13.9. The minimum Gasteiger partial charge on any atom is -0.466 e. The minimum absolute atomic E-state index is 0.0319. The summed E-state index contributed by atoms with van der Waals surface area (Å²) in [6.45, 7) is 9.49. The van der Waals surface area contributed by atoms with Crippen molar-refractivity contribution in [2.75, 3.05) is 24.3 Å². The second kappa shape index (κ2) is 14.4. The third-order valence-corrected chi connectivity index (χ3v) is 6.86. The van der Waals surface area contributed by atoms with E-state index in [0.717, 1.165) is 45.4 Å². The number of ether oxygens (including phenoxy) is 1. The Hall–Kier alpha value is -5.04. The summed E-state index contributed by atoms with van der Waals surface area (Å²) in [7, 11) is 1.85. The summed E-state index contributed by atoms with van der Waals surface area (Å²) in [5.41, 5.74) is 3.76. The van der Waals surface area contributed by atoms with Gasteiger partial charge in [-0.15, -0.1) is 0 Å². The third-order valence-electron chi connectivity index (χ3n) is 6.86. The number of esters is 1. The van der Waals surface area contributed by atoms with Crippen molar-refractivity contribution in [3.8, 4) is 17.3 Å². The van der Waals surface area contributed by atoms with Crippen molar-refractivity contribution < 1.29 is 22.7 Å². The van der Waals surface area contributed by atoms with Crippen molar-refractivity contribution in [3.05, 3.63) is 110 Å². The number of hydrogen-bond acceptors (Lipinski definition) is 6. The fraction of sp³-hybridized carbons (Fsp3) is 0.265. The number of aromatic nitrogens is 1. The number of carbonyl (C=O) groups is 1. The Morgan fingerprint density at radius 1 is 0.955 bits per heavy atom. The van der Waals surface area contributed by atoms with Gasteiger partial charge >= 0.3 is 12.1 Å². The molecule has 2 N–H and O–H groups in total. The molecule has 0 amide bonds. The summed E-state index contributed by atoms with van der Waals surface area (Å²) in [5, 5.41) is 15.9. The van der Waals surface area contributed by atoms with Gasteiger partial charge in [-0.25, -0.2) is 0 Å². The lowest BCUT2D eigenvalue weighted by atomic mass is 10.0. The summed E-state index contributed by atoms with van der Waals surface area (Å²) in [5.74, 6) is -0.211. The Morgan fingerprint density at radius 2 is 1.61 bits per heavy atom. The molecule has 0 saturated carbocycles. The largest absolute Gasteiger partial charge is 0.466 e. The molecule has 0 aliphatic heterocycles. The van der Waals surface area contributed by atoms with Gasteiger partial charge in [0.05, 0.1) is 24.4 Å². The first-order chi connectivity index (χ1) is 20.8. The number of benzene rings is 3. The summed E-state index contributed by atoms with van der Waals surface area (Å²) in [6, 6.07) is 20.7. The molecule has 230 valence electrons. The van der Waals surface area contributed by atoms with Gasteiger partial charge in [-0.3, -0.25) is 9.59 Å². The van der Waals surface area contributed by atoms with Crippen molar-refractivity contribution in [3.63, 3.8) is 0 Å². The number of alkyl halides is 3. The maximum absolute atomic E-state index is 13.9. The van der Waals surface area contributed by atoms with Crippen LogP contribution in [0.15, 0.2) is 71.5 Å². The van der Waals surface area contributed by atoms with Crippen molar-refractivity contribution in [2.24, 2.45) is 0 Å². The SMILES string of the molecule is CCOC(C)=O.CNc1ccc(Nc2ccc(-c3cc(C(F)(F)F)c(C#N)c(=O)n3Cc3ccc(C)cc3C)cc2)cc1C. The van der Waals surface area contributed by atoms with Gasteiger partial charge in [-0.1, -0.05) is 35.9 Å². The maximum atomic E-state index is 13.9. The molecule has 1 aromatic heterocycles. The van der Waals surface area contributed by atoms with Gasteiger partial charge in [0.2, 0.25) is 0 Å². The summed E-state index contributed by atoms with van der Waals surface area (Å²) >= 11 is 0. The highest BCUT2D eigenvalue weighted by Gasteiger charge is 2.36. The number of nitrogens with zero attached hydrogens (tertiary/aromatic N) is 2. The molecular weight excluding hydrogens is 569 g/mol. The summed E-state index contributed by atoms with van der Waals surface area (Å²) in [6.07, 6.45) is -4.85. The normalized spacial score (nSPS) is 10.7. The van der Waals surface area contributed by atoms with E-state index in [1.54, 1.807) is 31.2 Å². The Balaban J connectivity index is 0.000000801. The van der Waals surface area contributed by atoms with E-state index in [4.69, 9.17) is 0 Å². The lowest BCUT2D eigenvalue weighted by Gasteiger charge is -2.19. The second-order valence-corrected chi connectivity index (χ2v) is 10.2. The molecule has 10 heteroatoms. The summed E-state index contributed by atoms with van der Waals surface area (Å²) in [4.78, 5) is 23.1. The van der Waals surface area contributed by atoms with Crippen LogP contribution in [0, 0.1) is 32.1 Å². The van der Waals surface area contributed by atoms with Gasteiger partial charge in [-0.2, -0.15) is 18.4 Å². The predicted molar refractivity (Wildman–Crippen MR) is 167 cm³/mol. The van der Waals surface area contributed by atoms with Crippen LogP contribution >= 0.6 is 0 Å². The minimum atomic E-state index is -4.85. The molecule has 0 radical (unpaired) electrons. The van der Waals surface area contributed by atoms with Crippen molar-refractivity contribution in [2.45, 2.75) is 47.3 Å². The third kappa shape index (κ3) is 8.28. The zero-order valence-corrected chi connectivity index (χ0v) is 25.5. The number of carbonyl (C=O) groups excluding carboxylic acids is 1. The van der Waals surface area contributed by atoms with Crippen molar-refractivity contribution >= 4 is 23.0 Å². The molecule has 0 bridgehead atoms. The molecule has 0 unspecified atom stereocenters. The van der Waals surface area contributed by atoms with E-state index >= 15 is 0 Å². The highest BCUT2D eigenvalue weighted by molar-refractivity contribution is 5.69. The fourth-order valence-electron chi connectivity index (χ4n) is 4.68. The Labute approximate surface area is 254 Å². The molecule has 0 aliphatic carbocycles. The van der Waals surface area contributed by atoms with E-state index < -0.39 is 22.9 Å². The van der Waals surface area contributed by atoms with Crippen molar-refractivity contribution in [1.82, 2.24) is 4.57 Å². The van der Waals surface area contributed by atoms with Gasteiger partial charge in [0, 0.05) is 31.0 Å². The van der Waals surface area contributed by atoms with Crippen LogP contribution in [-0.4, -0.2) is 24.2 Å². The molecule has 7 nitrogen and oxygen atoms in total. The van der Waals surface area contributed by atoms with Crippen LogP contribution < -0.4 is 16.2 Å². The number of halogens is 3. The molecule has 44 heavy (non-hydrogen) atoms. The van der Waals surface area contributed by atoms with Crippen LogP contribution in [-0.2, 0) is 22.3 Å².